The van der Waals surface area contributed by atoms with Crippen molar-refractivity contribution in [3.63, 3.8) is 0 Å². The van der Waals surface area contributed by atoms with E-state index < -0.39 is 11.9 Å². The number of nitrogens with zero attached hydrogens (tertiary/aromatic N) is 4. The molecule has 0 radical (unpaired) electrons. The first kappa shape index (κ1) is 26.1. The van der Waals surface area contributed by atoms with Gasteiger partial charge in [0.15, 0.2) is 17.0 Å². The number of pyridine rings is 2. The summed E-state index contributed by atoms with van der Waals surface area (Å²) in [5.74, 6) is -0.356. The van der Waals surface area contributed by atoms with Crippen LogP contribution >= 0.6 is 0 Å². The quantitative estimate of drug-likeness (QED) is 0.193. The van der Waals surface area contributed by atoms with Crippen LogP contribution in [0, 0.1) is 0 Å². The predicted molar refractivity (Wildman–Crippen MR) is 141 cm³/mol. The van der Waals surface area contributed by atoms with Gasteiger partial charge >= 0.3 is 5.97 Å². The van der Waals surface area contributed by atoms with Crippen LogP contribution in [0.1, 0.15) is 47.9 Å². The van der Waals surface area contributed by atoms with E-state index in [2.05, 4.69) is 4.99 Å². The Kier molecular flexibility index (Phi) is 7.42. The number of aryl methyl sites for hydroxylation is 1. The molecule has 1 aliphatic heterocycles. The molecular weight excluding hydrogens is 504 g/mol. The van der Waals surface area contributed by atoms with Crippen molar-refractivity contribution in [1.82, 2.24) is 14.0 Å². The van der Waals surface area contributed by atoms with E-state index in [1.165, 1.54) is 16.5 Å². The fraction of sp³-hybridized carbons (Fsp3) is 0.321. The molecule has 0 saturated heterocycles. The zero-order chi connectivity index (χ0) is 27.5. The smallest absolute Gasteiger partial charge is 0.341 e. The third-order valence-electron chi connectivity index (χ3n) is 6.09. The minimum atomic E-state index is -0.707. The maximum Gasteiger partial charge on any atom is 0.341 e. The number of rotatable bonds is 8. The molecule has 39 heavy (non-hydrogen) atoms. The lowest BCUT2D eigenvalue weighted by Gasteiger charge is -2.15. The summed E-state index contributed by atoms with van der Waals surface area (Å²) in [4.78, 5) is 49.1. The van der Waals surface area contributed by atoms with E-state index in [0.717, 1.165) is 0 Å². The highest BCUT2D eigenvalue weighted by Gasteiger charge is 2.21. The van der Waals surface area contributed by atoms with Gasteiger partial charge < -0.3 is 23.5 Å². The van der Waals surface area contributed by atoms with Crippen LogP contribution in [0.25, 0.3) is 16.7 Å². The van der Waals surface area contributed by atoms with Gasteiger partial charge in [-0.05, 0) is 63.6 Å². The molecule has 0 aliphatic carbocycles. The molecule has 1 aliphatic rings. The maximum atomic E-state index is 13.5. The van der Waals surface area contributed by atoms with E-state index in [9.17, 15) is 14.4 Å². The number of hydrogen-bond acceptors (Lipinski definition) is 8. The second-order valence-electron chi connectivity index (χ2n) is 9.09. The summed E-state index contributed by atoms with van der Waals surface area (Å²) >= 11 is 0. The summed E-state index contributed by atoms with van der Waals surface area (Å²) in [5.41, 5.74) is 0.621. The standard InChI is InChI=1S/C28H28N4O7/c1-4-36-28(35)20-15-19-24(29-23-8-5-6-11-31(23)27(19)34)32(12-7-13-37-17(2)3)25(20)30-26(33)18-9-10-21-22(14-18)39-16-38-21/h5-6,8-11,14-15,17H,4,7,12-13,16H2,1-3H3. The minimum Gasteiger partial charge on any atom is -0.462 e. The summed E-state index contributed by atoms with van der Waals surface area (Å²) < 4.78 is 24.7. The van der Waals surface area contributed by atoms with Gasteiger partial charge in [-0.25, -0.2) is 9.78 Å². The van der Waals surface area contributed by atoms with Gasteiger partial charge in [0.05, 0.1) is 18.1 Å². The van der Waals surface area contributed by atoms with Gasteiger partial charge in [0.25, 0.3) is 11.5 Å². The van der Waals surface area contributed by atoms with Crippen molar-refractivity contribution < 1.29 is 28.5 Å². The molecule has 11 heteroatoms. The molecular formula is C28H28N4O7. The van der Waals surface area contributed by atoms with Crippen molar-refractivity contribution in [3.8, 4) is 11.5 Å². The molecule has 0 N–H and O–H groups in total. The highest BCUT2D eigenvalue weighted by atomic mass is 16.7. The van der Waals surface area contributed by atoms with Crippen LogP contribution < -0.4 is 20.5 Å². The number of carbonyl (C=O) groups excluding carboxylic acids is 2. The third kappa shape index (κ3) is 5.26. The van der Waals surface area contributed by atoms with E-state index in [4.69, 9.17) is 23.9 Å². The molecule has 3 aromatic heterocycles. The Morgan fingerprint density at radius 2 is 1.95 bits per heavy atom. The Morgan fingerprint density at radius 3 is 2.74 bits per heavy atom. The van der Waals surface area contributed by atoms with Crippen LogP contribution in [-0.2, 0) is 16.0 Å². The molecule has 0 fully saturated rings. The number of esters is 1. The Morgan fingerprint density at radius 1 is 1.13 bits per heavy atom. The van der Waals surface area contributed by atoms with Crippen molar-refractivity contribution in [2.45, 2.75) is 39.8 Å². The fourth-order valence-corrected chi connectivity index (χ4v) is 4.30. The summed E-state index contributed by atoms with van der Waals surface area (Å²) in [6.45, 7) is 6.40. The van der Waals surface area contributed by atoms with Crippen molar-refractivity contribution >= 4 is 28.6 Å². The first-order valence-corrected chi connectivity index (χ1v) is 12.7. The van der Waals surface area contributed by atoms with E-state index in [1.807, 2.05) is 13.8 Å². The van der Waals surface area contributed by atoms with E-state index in [1.54, 1.807) is 48.0 Å². The first-order valence-electron chi connectivity index (χ1n) is 12.7. The van der Waals surface area contributed by atoms with Crippen LogP contribution in [0.3, 0.4) is 0 Å². The summed E-state index contributed by atoms with van der Waals surface area (Å²) in [7, 11) is 0. The first-order chi connectivity index (χ1) is 18.9. The monoisotopic (exact) mass is 532 g/mol. The van der Waals surface area contributed by atoms with Crippen LogP contribution in [0.15, 0.2) is 58.4 Å². The topological polar surface area (TPSA) is 123 Å². The highest BCUT2D eigenvalue weighted by molar-refractivity contribution is 5.97. The molecule has 11 nitrogen and oxygen atoms in total. The average Bonchev–Trinajstić information content (AvgIpc) is 3.40. The number of aromatic nitrogens is 3. The molecule has 202 valence electrons. The van der Waals surface area contributed by atoms with Gasteiger partial charge in [0, 0.05) is 24.9 Å². The average molecular weight is 533 g/mol. The highest BCUT2D eigenvalue weighted by Crippen LogP contribution is 2.32. The zero-order valence-electron chi connectivity index (χ0n) is 21.9. The van der Waals surface area contributed by atoms with Crippen LogP contribution in [0.2, 0.25) is 0 Å². The molecule has 4 heterocycles. The van der Waals surface area contributed by atoms with Crippen LogP contribution in [-0.4, -0.2) is 51.9 Å². The normalized spacial score (nSPS) is 13.0. The SMILES string of the molecule is CCOC(=O)c1cc2c(=O)n3ccccc3nc2n(CCCOC(C)C)c1=NC(=O)c1ccc2c(c1)OCO2. The van der Waals surface area contributed by atoms with Gasteiger partial charge in [-0.15, -0.1) is 0 Å². The van der Waals surface area contributed by atoms with Crippen molar-refractivity contribution in [2.75, 3.05) is 20.0 Å². The van der Waals surface area contributed by atoms with Gasteiger partial charge in [-0.1, -0.05) is 6.07 Å². The number of hydrogen-bond donors (Lipinski definition) is 0. The van der Waals surface area contributed by atoms with Gasteiger partial charge in [-0.2, -0.15) is 4.99 Å². The molecule has 4 aromatic rings. The summed E-state index contributed by atoms with van der Waals surface area (Å²) in [6.07, 6.45) is 2.15. The second-order valence-corrected chi connectivity index (χ2v) is 9.09. The van der Waals surface area contributed by atoms with Gasteiger partial charge in [0.2, 0.25) is 6.79 Å². The molecule has 0 bridgehead atoms. The lowest BCUT2D eigenvalue weighted by molar-refractivity contribution is 0.0523. The number of ether oxygens (including phenoxy) is 4. The molecule has 5 rings (SSSR count). The number of benzene rings is 1. The lowest BCUT2D eigenvalue weighted by Crippen LogP contribution is -2.33. The van der Waals surface area contributed by atoms with E-state index >= 15 is 0 Å². The molecule has 0 atom stereocenters. The predicted octanol–water partition coefficient (Wildman–Crippen LogP) is 3.11. The van der Waals surface area contributed by atoms with Crippen molar-refractivity contribution in [1.29, 1.82) is 0 Å². The Labute approximate surface area is 223 Å². The van der Waals surface area contributed by atoms with E-state index in [-0.39, 0.29) is 53.6 Å². The lowest BCUT2D eigenvalue weighted by atomic mass is 10.1. The maximum absolute atomic E-state index is 13.5. The Balaban J connectivity index is 1.75. The van der Waals surface area contributed by atoms with Crippen LogP contribution in [0.5, 0.6) is 11.5 Å². The third-order valence-corrected chi connectivity index (χ3v) is 6.09. The number of carbonyl (C=O) groups is 2. The number of amides is 1. The number of fused-ring (bicyclic) bond motifs is 3. The van der Waals surface area contributed by atoms with Crippen LogP contribution in [0.4, 0.5) is 0 Å². The molecule has 0 unspecified atom stereocenters. The molecule has 1 aromatic carbocycles. The molecule has 1 amide bonds. The van der Waals surface area contributed by atoms with Crippen molar-refractivity contribution in [2.24, 2.45) is 4.99 Å². The molecule has 0 spiro atoms. The van der Waals surface area contributed by atoms with Gasteiger partial charge in [-0.3, -0.25) is 14.0 Å². The minimum absolute atomic E-state index is 0.0157. The van der Waals surface area contributed by atoms with Gasteiger partial charge in [0.1, 0.15) is 16.9 Å². The zero-order valence-corrected chi connectivity index (χ0v) is 21.9. The summed E-state index contributed by atoms with van der Waals surface area (Å²) in [6, 6.07) is 11.3. The Bertz CT molecular complexity index is 1700. The second kappa shape index (κ2) is 11.1. The van der Waals surface area contributed by atoms with E-state index in [0.29, 0.717) is 35.8 Å². The fourth-order valence-electron chi connectivity index (χ4n) is 4.30. The summed E-state index contributed by atoms with van der Waals surface area (Å²) in [5, 5.41) is 0.195. The Hall–Kier alpha value is -4.51. The molecule has 0 saturated carbocycles. The largest absolute Gasteiger partial charge is 0.462 e. The van der Waals surface area contributed by atoms with Crippen molar-refractivity contribution in [3.05, 3.63) is 75.6 Å².